The lowest BCUT2D eigenvalue weighted by molar-refractivity contribution is -0.115. The van der Waals surface area contributed by atoms with E-state index in [4.69, 9.17) is 9.47 Å². The number of methoxy groups -OCH3 is 1. The van der Waals surface area contributed by atoms with Crippen molar-refractivity contribution in [1.82, 2.24) is 0 Å². The SMILES string of the molecule is CCCCOC(=O)c1ccc(NC(=O)C(Sc2ccc(NC(=O)c3cccc(OC)c3)cc2)c2ccccc2)cc1. The number of anilines is 2. The first kappa shape index (κ1) is 29.4. The summed E-state index contributed by atoms with van der Waals surface area (Å²) in [5, 5.41) is 5.32. The van der Waals surface area contributed by atoms with Crippen molar-refractivity contribution < 1.29 is 23.9 Å². The molecule has 8 heteroatoms. The predicted octanol–water partition coefficient (Wildman–Crippen LogP) is 7.38. The molecule has 0 saturated heterocycles. The first-order chi connectivity index (χ1) is 20.0. The van der Waals surface area contributed by atoms with Gasteiger partial charge in [0, 0.05) is 21.8 Å². The minimum Gasteiger partial charge on any atom is -0.497 e. The summed E-state index contributed by atoms with van der Waals surface area (Å²) >= 11 is 1.40. The van der Waals surface area contributed by atoms with Crippen molar-refractivity contribution in [3.63, 3.8) is 0 Å². The maximum Gasteiger partial charge on any atom is 0.338 e. The molecule has 4 aromatic carbocycles. The molecule has 0 aliphatic carbocycles. The number of rotatable bonds is 12. The van der Waals surface area contributed by atoms with Crippen LogP contribution in [0.15, 0.2) is 108 Å². The van der Waals surface area contributed by atoms with E-state index in [1.165, 1.54) is 11.8 Å². The summed E-state index contributed by atoms with van der Waals surface area (Å²) in [5.74, 6) is -0.214. The molecular weight excluding hydrogens is 536 g/mol. The monoisotopic (exact) mass is 568 g/mol. The van der Waals surface area contributed by atoms with Crippen LogP contribution < -0.4 is 15.4 Å². The number of hydrogen-bond acceptors (Lipinski definition) is 6. The minimum absolute atomic E-state index is 0.199. The van der Waals surface area contributed by atoms with E-state index in [2.05, 4.69) is 10.6 Å². The number of unbranched alkanes of at least 4 members (excludes halogenated alkanes) is 1. The summed E-state index contributed by atoms with van der Waals surface area (Å²) in [4.78, 5) is 39.2. The Bertz CT molecular complexity index is 1460. The average Bonchev–Trinajstić information content (AvgIpc) is 3.01. The molecule has 41 heavy (non-hydrogen) atoms. The van der Waals surface area contributed by atoms with Crippen LogP contribution in [0.25, 0.3) is 0 Å². The van der Waals surface area contributed by atoms with E-state index in [-0.39, 0.29) is 17.8 Å². The highest BCUT2D eigenvalue weighted by atomic mass is 32.2. The molecule has 7 nitrogen and oxygen atoms in total. The second-order valence-corrected chi connectivity index (χ2v) is 10.4. The molecule has 1 unspecified atom stereocenters. The molecule has 0 heterocycles. The van der Waals surface area contributed by atoms with Gasteiger partial charge in [0.1, 0.15) is 11.0 Å². The van der Waals surface area contributed by atoms with Gasteiger partial charge in [-0.1, -0.05) is 49.7 Å². The second-order valence-electron chi connectivity index (χ2n) is 9.18. The third-order valence-electron chi connectivity index (χ3n) is 6.16. The van der Waals surface area contributed by atoms with E-state index in [0.29, 0.717) is 34.9 Å². The number of thioether (sulfide) groups is 1. The zero-order chi connectivity index (χ0) is 29.0. The van der Waals surface area contributed by atoms with E-state index in [0.717, 1.165) is 23.3 Å². The summed E-state index contributed by atoms with van der Waals surface area (Å²) in [5.41, 5.74) is 2.99. The molecule has 0 aliphatic rings. The molecule has 4 aromatic rings. The van der Waals surface area contributed by atoms with Crippen LogP contribution in [0, 0.1) is 0 Å². The first-order valence-corrected chi connectivity index (χ1v) is 14.2. The van der Waals surface area contributed by atoms with Crippen LogP contribution in [0.4, 0.5) is 11.4 Å². The Kier molecular flexibility index (Phi) is 10.6. The fourth-order valence-corrected chi connectivity index (χ4v) is 4.94. The summed E-state index contributed by atoms with van der Waals surface area (Å²) in [6.45, 7) is 2.42. The maximum atomic E-state index is 13.4. The summed E-state index contributed by atoms with van der Waals surface area (Å²) in [6.07, 6.45) is 1.77. The topological polar surface area (TPSA) is 93.7 Å². The normalized spacial score (nSPS) is 11.3. The van der Waals surface area contributed by atoms with Crippen molar-refractivity contribution in [3.05, 3.63) is 120 Å². The number of carbonyl (C=O) groups excluding carboxylic acids is 3. The van der Waals surface area contributed by atoms with Gasteiger partial charge < -0.3 is 20.1 Å². The Morgan fingerprint density at radius 3 is 2.15 bits per heavy atom. The second kappa shape index (κ2) is 14.7. The van der Waals surface area contributed by atoms with Crippen LogP contribution in [0.1, 0.15) is 51.3 Å². The lowest BCUT2D eigenvalue weighted by Crippen LogP contribution is -2.19. The number of benzene rings is 4. The first-order valence-electron chi connectivity index (χ1n) is 13.3. The van der Waals surface area contributed by atoms with Crippen molar-refractivity contribution in [2.75, 3.05) is 24.4 Å². The number of nitrogens with one attached hydrogen (secondary N) is 2. The van der Waals surface area contributed by atoms with E-state index in [1.807, 2.05) is 49.4 Å². The number of hydrogen-bond donors (Lipinski definition) is 2. The van der Waals surface area contributed by atoms with Crippen LogP contribution in [0.3, 0.4) is 0 Å². The number of carbonyl (C=O) groups is 3. The number of ether oxygens (including phenoxy) is 2. The highest BCUT2D eigenvalue weighted by Crippen LogP contribution is 2.37. The molecule has 2 N–H and O–H groups in total. The molecule has 0 fully saturated rings. The van der Waals surface area contributed by atoms with Gasteiger partial charge in [0.2, 0.25) is 5.91 Å². The van der Waals surface area contributed by atoms with Gasteiger partial charge >= 0.3 is 5.97 Å². The highest BCUT2D eigenvalue weighted by Gasteiger charge is 2.22. The van der Waals surface area contributed by atoms with Crippen LogP contribution in [-0.4, -0.2) is 31.5 Å². The van der Waals surface area contributed by atoms with E-state index < -0.39 is 5.25 Å². The van der Waals surface area contributed by atoms with Gasteiger partial charge in [-0.05, 0) is 78.7 Å². The molecule has 0 aliphatic heterocycles. The van der Waals surface area contributed by atoms with E-state index in [1.54, 1.807) is 67.8 Å². The third kappa shape index (κ3) is 8.46. The molecular formula is C33H32N2O5S. The van der Waals surface area contributed by atoms with Gasteiger partial charge in [-0.15, -0.1) is 11.8 Å². The van der Waals surface area contributed by atoms with Gasteiger partial charge in [0.05, 0.1) is 19.3 Å². The molecule has 0 spiro atoms. The molecule has 0 radical (unpaired) electrons. The maximum absolute atomic E-state index is 13.4. The highest BCUT2D eigenvalue weighted by molar-refractivity contribution is 8.00. The Hall–Kier alpha value is -4.56. The Morgan fingerprint density at radius 2 is 1.46 bits per heavy atom. The summed E-state index contributed by atoms with van der Waals surface area (Å²) in [6, 6.07) is 30.5. The average molecular weight is 569 g/mol. The molecule has 4 rings (SSSR count). The van der Waals surface area contributed by atoms with Crippen molar-refractivity contribution >= 4 is 40.9 Å². The molecule has 1 atom stereocenters. The Labute approximate surface area is 244 Å². The lowest BCUT2D eigenvalue weighted by atomic mass is 10.1. The Morgan fingerprint density at radius 1 is 0.780 bits per heavy atom. The number of amides is 2. The molecule has 2 amide bonds. The molecule has 210 valence electrons. The molecule has 0 bridgehead atoms. The Balaban J connectivity index is 1.43. The quantitative estimate of drug-likeness (QED) is 0.105. The van der Waals surface area contributed by atoms with Gasteiger partial charge in [-0.3, -0.25) is 9.59 Å². The standard InChI is InChI=1S/C33H32N2O5S/c1-3-4-21-40-33(38)24-13-15-26(16-14-24)35-32(37)30(23-9-6-5-7-10-23)41-29-19-17-27(18-20-29)34-31(36)25-11-8-12-28(22-25)39-2/h5-20,22,30H,3-4,21H2,1-2H3,(H,34,36)(H,35,37). The van der Waals surface area contributed by atoms with Crippen molar-refractivity contribution in [1.29, 1.82) is 0 Å². The van der Waals surface area contributed by atoms with Crippen LogP contribution in [0.2, 0.25) is 0 Å². The predicted molar refractivity (Wildman–Crippen MR) is 163 cm³/mol. The smallest absolute Gasteiger partial charge is 0.338 e. The van der Waals surface area contributed by atoms with Gasteiger partial charge in [0.25, 0.3) is 5.91 Å². The van der Waals surface area contributed by atoms with Crippen molar-refractivity contribution in [2.24, 2.45) is 0 Å². The third-order valence-corrected chi connectivity index (χ3v) is 7.42. The van der Waals surface area contributed by atoms with Crippen LogP contribution in [0.5, 0.6) is 5.75 Å². The van der Waals surface area contributed by atoms with Crippen LogP contribution in [-0.2, 0) is 9.53 Å². The summed E-state index contributed by atoms with van der Waals surface area (Å²) < 4.78 is 10.5. The zero-order valence-electron chi connectivity index (χ0n) is 23.0. The van der Waals surface area contributed by atoms with Gasteiger partial charge in [0.15, 0.2) is 0 Å². The van der Waals surface area contributed by atoms with Crippen molar-refractivity contribution in [2.45, 2.75) is 29.9 Å². The minimum atomic E-state index is -0.535. The van der Waals surface area contributed by atoms with Crippen molar-refractivity contribution in [3.8, 4) is 5.75 Å². The van der Waals surface area contributed by atoms with E-state index >= 15 is 0 Å². The summed E-state index contributed by atoms with van der Waals surface area (Å²) in [7, 11) is 1.56. The lowest BCUT2D eigenvalue weighted by Gasteiger charge is -2.17. The van der Waals surface area contributed by atoms with E-state index in [9.17, 15) is 14.4 Å². The zero-order valence-corrected chi connectivity index (χ0v) is 23.8. The van der Waals surface area contributed by atoms with Crippen LogP contribution >= 0.6 is 11.8 Å². The molecule has 0 saturated carbocycles. The van der Waals surface area contributed by atoms with Gasteiger partial charge in [-0.2, -0.15) is 0 Å². The van der Waals surface area contributed by atoms with Gasteiger partial charge in [-0.25, -0.2) is 4.79 Å². The fraction of sp³-hybridized carbons (Fsp3) is 0.182. The molecule has 0 aromatic heterocycles. The number of esters is 1. The fourth-order valence-electron chi connectivity index (χ4n) is 3.91. The largest absolute Gasteiger partial charge is 0.497 e.